The molecule has 108 valence electrons. The molecule has 1 heteroatoms. The average Bonchev–Trinajstić information content (AvgIpc) is 3.15. The van der Waals surface area contributed by atoms with Crippen LogP contribution in [0, 0.1) is 0 Å². The number of rotatable bonds is 1. The number of fused-ring (bicyclic) bond motifs is 7. The van der Waals surface area contributed by atoms with E-state index in [1.54, 1.807) is 11.1 Å². The van der Waals surface area contributed by atoms with Gasteiger partial charge in [0.15, 0.2) is 0 Å². The quantitative estimate of drug-likeness (QED) is 0.486. The van der Waals surface area contributed by atoms with Crippen LogP contribution in [0.5, 0.6) is 0 Å². The van der Waals surface area contributed by atoms with Gasteiger partial charge in [-0.05, 0) is 64.4 Å². The molecule has 0 bridgehead atoms. The first-order chi connectivity index (χ1) is 10.9. The van der Waals surface area contributed by atoms with Crippen molar-refractivity contribution in [3.8, 4) is 11.1 Å². The van der Waals surface area contributed by atoms with Crippen LogP contribution in [-0.4, -0.2) is 13.1 Å². The summed E-state index contributed by atoms with van der Waals surface area (Å²) < 4.78 is 0. The van der Waals surface area contributed by atoms with Crippen LogP contribution >= 0.6 is 0 Å². The molecule has 0 aromatic heterocycles. The van der Waals surface area contributed by atoms with Gasteiger partial charge in [0.1, 0.15) is 0 Å². The smallest absolute Gasteiger partial charge is 0.0402 e. The van der Waals surface area contributed by atoms with Gasteiger partial charge in [-0.3, -0.25) is 0 Å². The van der Waals surface area contributed by atoms with Crippen LogP contribution in [0.1, 0.15) is 23.6 Å². The standard InChI is InChI=1S/C21H19N/c1-2-22-12-11-18-20-13-19-15-6-4-3-5-14(15)7-8-16(19)17(20)9-10-21(18)22/h3-10H,2,11-13H2,1H3. The van der Waals surface area contributed by atoms with Crippen LogP contribution in [0.3, 0.4) is 0 Å². The van der Waals surface area contributed by atoms with Crippen molar-refractivity contribution >= 4 is 16.5 Å². The molecule has 3 aromatic rings. The average molecular weight is 285 g/mol. The first kappa shape index (κ1) is 12.3. The molecule has 1 heterocycles. The van der Waals surface area contributed by atoms with Crippen molar-refractivity contribution in [1.82, 2.24) is 0 Å². The highest BCUT2D eigenvalue weighted by Gasteiger charge is 2.28. The third kappa shape index (κ3) is 1.49. The van der Waals surface area contributed by atoms with Crippen LogP contribution in [-0.2, 0) is 12.8 Å². The summed E-state index contributed by atoms with van der Waals surface area (Å²) in [5.41, 5.74) is 9.10. The third-order valence-corrected chi connectivity index (χ3v) is 5.44. The van der Waals surface area contributed by atoms with Crippen LogP contribution in [0.25, 0.3) is 21.9 Å². The predicted molar refractivity (Wildman–Crippen MR) is 93.8 cm³/mol. The Labute approximate surface area is 131 Å². The second kappa shape index (κ2) is 4.36. The van der Waals surface area contributed by atoms with Gasteiger partial charge in [0.25, 0.3) is 0 Å². The summed E-state index contributed by atoms with van der Waals surface area (Å²) in [6.07, 6.45) is 2.31. The van der Waals surface area contributed by atoms with Crippen molar-refractivity contribution in [2.45, 2.75) is 19.8 Å². The molecule has 0 unspecified atom stereocenters. The van der Waals surface area contributed by atoms with Gasteiger partial charge in [-0.25, -0.2) is 0 Å². The molecule has 0 saturated carbocycles. The van der Waals surface area contributed by atoms with Crippen LogP contribution in [0.2, 0.25) is 0 Å². The summed E-state index contributed by atoms with van der Waals surface area (Å²) in [6.45, 7) is 4.55. The Morgan fingerprint density at radius 3 is 2.59 bits per heavy atom. The van der Waals surface area contributed by atoms with Crippen molar-refractivity contribution < 1.29 is 0 Å². The second-order valence-electron chi connectivity index (χ2n) is 6.41. The number of hydrogen-bond acceptors (Lipinski definition) is 1. The van der Waals surface area contributed by atoms with E-state index in [0.29, 0.717) is 0 Å². The van der Waals surface area contributed by atoms with Crippen molar-refractivity contribution in [1.29, 1.82) is 0 Å². The zero-order valence-corrected chi connectivity index (χ0v) is 12.9. The SMILES string of the molecule is CCN1CCc2c1ccc1c2Cc2c-1ccc1ccccc21. The fourth-order valence-corrected chi connectivity index (χ4v) is 4.36. The highest BCUT2D eigenvalue weighted by molar-refractivity contribution is 5.96. The Kier molecular flexibility index (Phi) is 2.43. The monoisotopic (exact) mass is 285 g/mol. The minimum absolute atomic E-state index is 1.10. The summed E-state index contributed by atoms with van der Waals surface area (Å²) in [5, 5.41) is 2.79. The zero-order chi connectivity index (χ0) is 14.7. The maximum atomic E-state index is 2.51. The molecular weight excluding hydrogens is 266 g/mol. The zero-order valence-electron chi connectivity index (χ0n) is 12.9. The van der Waals surface area contributed by atoms with E-state index in [9.17, 15) is 0 Å². The highest BCUT2D eigenvalue weighted by Crippen LogP contribution is 2.45. The second-order valence-corrected chi connectivity index (χ2v) is 6.41. The lowest BCUT2D eigenvalue weighted by Crippen LogP contribution is -2.18. The van der Waals surface area contributed by atoms with Crippen LogP contribution < -0.4 is 4.90 Å². The maximum absolute atomic E-state index is 2.51. The minimum atomic E-state index is 1.10. The Balaban J connectivity index is 1.75. The lowest BCUT2D eigenvalue weighted by molar-refractivity contribution is 0.867. The van der Waals surface area contributed by atoms with E-state index in [-0.39, 0.29) is 0 Å². The molecule has 1 nitrogen and oxygen atoms in total. The van der Waals surface area contributed by atoms with E-state index in [2.05, 4.69) is 60.4 Å². The number of benzene rings is 3. The fourth-order valence-electron chi connectivity index (χ4n) is 4.36. The largest absolute Gasteiger partial charge is 0.371 e. The molecule has 0 N–H and O–H groups in total. The number of hydrogen-bond donors (Lipinski definition) is 0. The molecule has 0 atom stereocenters. The summed E-state index contributed by atoms with van der Waals surface area (Å²) in [5.74, 6) is 0. The Bertz CT molecular complexity index is 907. The fraction of sp³-hybridized carbons (Fsp3) is 0.238. The van der Waals surface area contributed by atoms with Gasteiger partial charge in [0.2, 0.25) is 0 Å². The number of anilines is 1. The molecule has 0 amide bonds. The van der Waals surface area contributed by atoms with Gasteiger partial charge in [-0.2, -0.15) is 0 Å². The van der Waals surface area contributed by atoms with Crippen molar-refractivity contribution in [2.24, 2.45) is 0 Å². The maximum Gasteiger partial charge on any atom is 0.0402 e. The minimum Gasteiger partial charge on any atom is -0.371 e. The molecule has 1 aliphatic carbocycles. The van der Waals surface area contributed by atoms with Gasteiger partial charge in [0, 0.05) is 18.8 Å². The van der Waals surface area contributed by atoms with Gasteiger partial charge >= 0.3 is 0 Å². The van der Waals surface area contributed by atoms with Gasteiger partial charge in [0.05, 0.1) is 0 Å². The molecule has 22 heavy (non-hydrogen) atoms. The Hall–Kier alpha value is -2.28. The van der Waals surface area contributed by atoms with Crippen LogP contribution in [0.4, 0.5) is 5.69 Å². The molecule has 2 aliphatic rings. The number of nitrogens with zero attached hydrogens (tertiary/aromatic N) is 1. The van der Waals surface area contributed by atoms with E-state index in [1.807, 2.05) is 0 Å². The van der Waals surface area contributed by atoms with Crippen molar-refractivity contribution in [3.63, 3.8) is 0 Å². The summed E-state index contributed by atoms with van der Waals surface area (Å²) in [7, 11) is 0. The topological polar surface area (TPSA) is 3.24 Å². The Morgan fingerprint density at radius 2 is 1.68 bits per heavy atom. The van der Waals surface area contributed by atoms with E-state index in [0.717, 1.165) is 13.0 Å². The van der Waals surface area contributed by atoms with E-state index < -0.39 is 0 Å². The molecule has 0 spiro atoms. The summed E-state index contributed by atoms with van der Waals surface area (Å²) in [6, 6.07) is 18.1. The summed E-state index contributed by atoms with van der Waals surface area (Å²) in [4.78, 5) is 2.51. The lowest BCUT2D eigenvalue weighted by Gasteiger charge is -2.17. The van der Waals surface area contributed by atoms with Gasteiger partial charge in [-0.15, -0.1) is 0 Å². The van der Waals surface area contributed by atoms with E-state index in [1.165, 1.54) is 46.1 Å². The van der Waals surface area contributed by atoms with E-state index in [4.69, 9.17) is 0 Å². The van der Waals surface area contributed by atoms with Gasteiger partial charge in [-0.1, -0.05) is 42.5 Å². The van der Waals surface area contributed by atoms with Gasteiger partial charge < -0.3 is 4.90 Å². The highest BCUT2D eigenvalue weighted by atomic mass is 15.1. The molecule has 3 aromatic carbocycles. The first-order valence-corrected chi connectivity index (χ1v) is 8.27. The Morgan fingerprint density at radius 1 is 0.864 bits per heavy atom. The molecular formula is C21H19N. The number of likely N-dealkylation sites (N-methyl/N-ethyl adjacent to an activating group) is 1. The lowest BCUT2D eigenvalue weighted by atomic mass is 9.99. The first-order valence-electron chi connectivity index (χ1n) is 8.27. The molecule has 5 rings (SSSR count). The molecule has 1 aliphatic heterocycles. The predicted octanol–water partition coefficient (Wildman–Crippen LogP) is 4.79. The molecule has 0 saturated heterocycles. The molecule has 0 fully saturated rings. The van der Waals surface area contributed by atoms with Crippen molar-refractivity contribution in [2.75, 3.05) is 18.0 Å². The summed E-state index contributed by atoms with van der Waals surface area (Å²) >= 11 is 0. The normalized spacial score (nSPS) is 15.0. The van der Waals surface area contributed by atoms with E-state index >= 15 is 0 Å². The van der Waals surface area contributed by atoms with Crippen molar-refractivity contribution in [3.05, 3.63) is 65.2 Å². The van der Waals surface area contributed by atoms with Crippen LogP contribution in [0.15, 0.2) is 48.5 Å². The molecule has 0 radical (unpaired) electrons. The third-order valence-electron chi connectivity index (χ3n) is 5.44.